The van der Waals surface area contributed by atoms with Gasteiger partial charge in [-0.1, -0.05) is 25.1 Å². The molecule has 0 heterocycles. The number of hydrogen-bond acceptors (Lipinski definition) is 3. The first-order valence-corrected chi connectivity index (χ1v) is 6.32. The Morgan fingerprint density at radius 3 is 2.59 bits per heavy atom. The average Bonchev–Trinajstić information content (AvgIpc) is 2.36. The van der Waals surface area contributed by atoms with Gasteiger partial charge < -0.3 is 15.6 Å². The smallest absolute Gasteiger partial charge is 0.122 e. The van der Waals surface area contributed by atoms with Crippen LogP contribution in [0.15, 0.2) is 24.3 Å². The first-order valence-electron chi connectivity index (χ1n) is 6.32. The molecule has 3 heteroatoms. The minimum absolute atomic E-state index is 0.0590. The minimum Gasteiger partial charge on any atom is -0.494 e. The van der Waals surface area contributed by atoms with E-state index < -0.39 is 0 Å². The zero-order chi connectivity index (χ0) is 12.7. The van der Waals surface area contributed by atoms with Gasteiger partial charge in [-0.2, -0.15) is 0 Å². The van der Waals surface area contributed by atoms with Gasteiger partial charge in [-0.15, -0.1) is 0 Å². The maximum Gasteiger partial charge on any atom is 0.122 e. The van der Waals surface area contributed by atoms with Gasteiger partial charge >= 0.3 is 0 Å². The van der Waals surface area contributed by atoms with Crippen LogP contribution in [0.25, 0.3) is 0 Å². The van der Waals surface area contributed by atoms with Crippen LogP contribution >= 0.6 is 0 Å². The van der Waals surface area contributed by atoms with Gasteiger partial charge in [0.1, 0.15) is 5.75 Å². The summed E-state index contributed by atoms with van der Waals surface area (Å²) in [5.41, 5.74) is 7.24. The van der Waals surface area contributed by atoms with Crippen LogP contribution in [0.3, 0.4) is 0 Å². The van der Waals surface area contributed by atoms with Crippen molar-refractivity contribution in [3.63, 3.8) is 0 Å². The fourth-order valence-corrected chi connectivity index (χ4v) is 2.10. The molecule has 0 saturated carbocycles. The summed E-state index contributed by atoms with van der Waals surface area (Å²) in [5, 5.41) is 9.17. The Kier molecular flexibility index (Phi) is 6.01. The molecule has 0 saturated heterocycles. The first kappa shape index (κ1) is 14.0. The number of para-hydroxylation sites is 1. The van der Waals surface area contributed by atoms with E-state index >= 15 is 0 Å². The van der Waals surface area contributed by atoms with Gasteiger partial charge in [-0.25, -0.2) is 0 Å². The molecule has 0 aliphatic heterocycles. The first-order chi connectivity index (χ1) is 8.24. The molecule has 0 spiro atoms. The fourth-order valence-electron chi connectivity index (χ4n) is 2.10. The van der Waals surface area contributed by atoms with E-state index in [0.717, 1.165) is 17.7 Å². The Bertz CT molecular complexity index is 328. The average molecular weight is 237 g/mol. The number of rotatable bonds is 7. The lowest BCUT2D eigenvalue weighted by molar-refractivity contribution is 0.262. The molecule has 0 aliphatic rings. The van der Waals surface area contributed by atoms with E-state index in [0.29, 0.717) is 13.0 Å². The third-order valence-corrected chi connectivity index (χ3v) is 3.05. The SMILES string of the molecule is CCOc1ccccc1C(CCO)C(N)CC. The summed E-state index contributed by atoms with van der Waals surface area (Å²) in [5.74, 6) is 1.05. The standard InChI is InChI=1S/C14H23NO2/c1-3-13(15)11(9-10-16)12-7-5-6-8-14(12)17-4-2/h5-8,11,13,16H,3-4,9-10,15H2,1-2H3. The molecule has 1 aromatic rings. The summed E-state index contributed by atoms with van der Waals surface area (Å²) in [6.07, 6.45) is 1.57. The molecule has 0 aliphatic carbocycles. The Hall–Kier alpha value is -1.06. The van der Waals surface area contributed by atoms with Crippen LogP contribution in [0.5, 0.6) is 5.75 Å². The molecule has 3 nitrogen and oxygen atoms in total. The van der Waals surface area contributed by atoms with Gasteiger partial charge in [0.2, 0.25) is 0 Å². The van der Waals surface area contributed by atoms with Crippen LogP contribution in [-0.2, 0) is 0 Å². The number of nitrogens with two attached hydrogens (primary N) is 1. The highest BCUT2D eigenvalue weighted by atomic mass is 16.5. The molecule has 1 aromatic carbocycles. The van der Waals surface area contributed by atoms with Crippen molar-refractivity contribution in [1.82, 2.24) is 0 Å². The quantitative estimate of drug-likeness (QED) is 0.765. The monoisotopic (exact) mass is 237 g/mol. The lowest BCUT2D eigenvalue weighted by Crippen LogP contribution is -2.28. The maximum atomic E-state index is 9.17. The highest BCUT2D eigenvalue weighted by Gasteiger charge is 2.21. The zero-order valence-electron chi connectivity index (χ0n) is 10.7. The van der Waals surface area contributed by atoms with Crippen molar-refractivity contribution in [2.75, 3.05) is 13.2 Å². The van der Waals surface area contributed by atoms with Crippen molar-refractivity contribution in [3.05, 3.63) is 29.8 Å². The largest absolute Gasteiger partial charge is 0.494 e. The summed E-state index contributed by atoms with van der Waals surface area (Å²) < 4.78 is 5.62. The van der Waals surface area contributed by atoms with Crippen LogP contribution in [0.4, 0.5) is 0 Å². The van der Waals surface area contributed by atoms with Crippen molar-refractivity contribution in [2.45, 2.75) is 38.6 Å². The summed E-state index contributed by atoms with van der Waals surface area (Å²) in [6, 6.07) is 8.02. The second kappa shape index (κ2) is 7.30. The third-order valence-electron chi connectivity index (χ3n) is 3.05. The van der Waals surface area contributed by atoms with Crippen LogP contribution in [0.2, 0.25) is 0 Å². The molecule has 0 aromatic heterocycles. The van der Waals surface area contributed by atoms with E-state index in [1.165, 1.54) is 0 Å². The summed E-state index contributed by atoms with van der Waals surface area (Å²) in [6.45, 7) is 4.83. The Morgan fingerprint density at radius 1 is 1.29 bits per heavy atom. The molecule has 96 valence electrons. The van der Waals surface area contributed by atoms with E-state index in [1.54, 1.807) is 0 Å². The van der Waals surface area contributed by atoms with Gasteiger partial charge in [0, 0.05) is 18.6 Å². The molecule has 0 bridgehead atoms. The van der Waals surface area contributed by atoms with Gasteiger partial charge in [0.25, 0.3) is 0 Å². The predicted octanol–water partition coefficient (Wildman–Crippen LogP) is 2.29. The predicted molar refractivity (Wildman–Crippen MR) is 70.3 cm³/mol. The lowest BCUT2D eigenvalue weighted by Gasteiger charge is -2.24. The number of benzene rings is 1. The van der Waals surface area contributed by atoms with Gasteiger partial charge in [0.05, 0.1) is 6.61 Å². The van der Waals surface area contributed by atoms with E-state index in [4.69, 9.17) is 15.6 Å². The number of hydrogen-bond donors (Lipinski definition) is 2. The third kappa shape index (κ3) is 3.72. The molecule has 0 amide bonds. The van der Waals surface area contributed by atoms with Crippen LogP contribution in [0.1, 0.15) is 38.2 Å². The van der Waals surface area contributed by atoms with Gasteiger partial charge in [-0.05, 0) is 31.4 Å². The molecule has 0 fully saturated rings. The van der Waals surface area contributed by atoms with Crippen LogP contribution in [0, 0.1) is 0 Å². The Morgan fingerprint density at radius 2 is 2.00 bits per heavy atom. The van der Waals surface area contributed by atoms with Crippen molar-refractivity contribution in [1.29, 1.82) is 0 Å². The van der Waals surface area contributed by atoms with Crippen molar-refractivity contribution < 1.29 is 9.84 Å². The van der Waals surface area contributed by atoms with E-state index in [1.807, 2.05) is 31.2 Å². The summed E-state index contributed by atoms with van der Waals surface area (Å²) >= 11 is 0. The fraction of sp³-hybridized carbons (Fsp3) is 0.571. The number of aliphatic hydroxyl groups is 1. The Labute approximate surface area is 104 Å². The Balaban J connectivity index is 2.99. The van der Waals surface area contributed by atoms with Crippen LogP contribution < -0.4 is 10.5 Å². The summed E-state index contributed by atoms with van der Waals surface area (Å²) in [7, 11) is 0. The molecule has 2 atom stereocenters. The van der Waals surface area contributed by atoms with Crippen molar-refractivity contribution in [2.24, 2.45) is 5.73 Å². The van der Waals surface area contributed by atoms with E-state index in [9.17, 15) is 0 Å². The maximum absolute atomic E-state index is 9.17. The zero-order valence-corrected chi connectivity index (χ0v) is 10.7. The van der Waals surface area contributed by atoms with E-state index in [-0.39, 0.29) is 18.6 Å². The van der Waals surface area contributed by atoms with Crippen molar-refractivity contribution in [3.8, 4) is 5.75 Å². The van der Waals surface area contributed by atoms with Gasteiger partial charge in [0.15, 0.2) is 0 Å². The number of ether oxygens (including phenoxy) is 1. The topological polar surface area (TPSA) is 55.5 Å². The highest BCUT2D eigenvalue weighted by Crippen LogP contribution is 2.31. The second-order valence-corrected chi connectivity index (χ2v) is 4.16. The minimum atomic E-state index is 0.0590. The lowest BCUT2D eigenvalue weighted by atomic mass is 9.87. The second-order valence-electron chi connectivity index (χ2n) is 4.16. The number of aliphatic hydroxyl groups excluding tert-OH is 1. The normalized spacial score (nSPS) is 14.4. The molecule has 2 unspecified atom stereocenters. The molecular formula is C14H23NO2. The highest BCUT2D eigenvalue weighted by molar-refractivity contribution is 5.37. The van der Waals surface area contributed by atoms with E-state index in [2.05, 4.69) is 6.92 Å². The van der Waals surface area contributed by atoms with Crippen LogP contribution in [-0.4, -0.2) is 24.4 Å². The molecule has 0 radical (unpaired) electrons. The van der Waals surface area contributed by atoms with Crippen molar-refractivity contribution >= 4 is 0 Å². The molecular weight excluding hydrogens is 214 g/mol. The molecule has 1 rings (SSSR count). The summed E-state index contributed by atoms with van der Waals surface area (Å²) in [4.78, 5) is 0. The van der Waals surface area contributed by atoms with Gasteiger partial charge in [-0.3, -0.25) is 0 Å². The molecule has 3 N–H and O–H groups in total. The molecule has 17 heavy (non-hydrogen) atoms.